The van der Waals surface area contributed by atoms with Gasteiger partial charge in [-0.25, -0.2) is 0 Å². The summed E-state index contributed by atoms with van der Waals surface area (Å²) in [6.45, 7) is 2.34. The molecule has 2 N–H and O–H groups in total. The van der Waals surface area contributed by atoms with E-state index in [4.69, 9.17) is 15.2 Å². The van der Waals surface area contributed by atoms with E-state index < -0.39 is 0 Å². The zero-order chi connectivity index (χ0) is 14.8. The predicted molar refractivity (Wildman–Crippen MR) is 80.4 cm³/mol. The van der Waals surface area contributed by atoms with Gasteiger partial charge in [0.05, 0.1) is 19.3 Å². The average molecular weight is 290 g/mol. The Bertz CT molecular complexity index is 522. The fourth-order valence-electron chi connectivity index (χ4n) is 2.81. The van der Waals surface area contributed by atoms with Gasteiger partial charge in [-0.2, -0.15) is 0 Å². The first-order valence-electron chi connectivity index (χ1n) is 7.51. The number of carbonyl (C=O) groups is 1. The van der Waals surface area contributed by atoms with Crippen molar-refractivity contribution in [2.75, 3.05) is 32.6 Å². The highest BCUT2D eigenvalue weighted by Gasteiger charge is 2.35. The lowest BCUT2D eigenvalue weighted by Gasteiger charge is -2.26. The zero-order valence-corrected chi connectivity index (χ0v) is 12.4. The number of ether oxygens (including phenoxy) is 2. The molecule has 2 aliphatic rings. The summed E-state index contributed by atoms with van der Waals surface area (Å²) in [6, 6.07) is 5.63. The van der Waals surface area contributed by atoms with Crippen molar-refractivity contribution in [1.82, 2.24) is 4.90 Å². The maximum absolute atomic E-state index is 12.8. The van der Waals surface area contributed by atoms with Crippen molar-refractivity contribution in [2.24, 2.45) is 5.92 Å². The van der Waals surface area contributed by atoms with Crippen molar-refractivity contribution in [1.29, 1.82) is 0 Å². The maximum Gasteiger partial charge on any atom is 0.256 e. The van der Waals surface area contributed by atoms with Crippen molar-refractivity contribution < 1.29 is 14.3 Å². The summed E-state index contributed by atoms with van der Waals surface area (Å²) in [5, 5.41) is 0. The minimum absolute atomic E-state index is 0.0320. The second-order valence-corrected chi connectivity index (χ2v) is 5.87. The summed E-state index contributed by atoms with van der Waals surface area (Å²) in [4.78, 5) is 14.8. The number of nitrogen functional groups attached to an aromatic ring is 1. The number of rotatable bonds is 5. The van der Waals surface area contributed by atoms with Gasteiger partial charge in [0, 0.05) is 36.9 Å². The Balaban J connectivity index is 1.77. The number of methoxy groups -OCH3 is 1. The summed E-state index contributed by atoms with van der Waals surface area (Å²) in [5.41, 5.74) is 7.06. The number of hydrogen-bond acceptors (Lipinski definition) is 4. The van der Waals surface area contributed by atoms with Gasteiger partial charge in [0.15, 0.2) is 0 Å². The van der Waals surface area contributed by atoms with Gasteiger partial charge in [-0.15, -0.1) is 0 Å². The normalized spacial score (nSPS) is 21.3. The fourth-order valence-corrected chi connectivity index (χ4v) is 2.81. The van der Waals surface area contributed by atoms with E-state index in [-0.39, 0.29) is 5.91 Å². The molecule has 0 radical (unpaired) electrons. The highest BCUT2D eigenvalue weighted by atomic mass is 16.5. The Morgan fingerprint density at radius 3 is 2.81 bits per heavy atom. The zero-order valence-electron chi connectivity index (χ0n) is 12.4. The van der Waals surface area contributed by atoms with Crippen LogP contribution in [0.15, 0.2) is 18.2 Å². The largest absolute Gasteiger partial charge is 0.497 e. The number of benzene rings is 1. The van der Waals surface area contributed by atoms with Crippen LogP contribution in [-0.2, 0) is 4.74 Å². The molecule has 1 aliphatic carbocycles. The molecule has 21 heavy (non-hydrogen) atoms. The molecule has 0 spiro atoms. The van der Waals surface area contributed by atoms with E-state index in [0.717, 1.165) is 39.0 Å². The molecule has 1 saturated carbocycles. The smallest absolute Gasteiger partial charge is 0.256 e. The second kappa shape index (κ2) is 5.93. The molecule has 1 heterocycles. The van der Waals surface area contributed by atoms with Gasteiger partial charge >= 0.3 is 0 Å². The number of amides is 1. The number of anilines is 1. The molecule has 1 saturated heterocycles. The lowest BCUT2D eigenvalue weighted by molar-refractivity contribution is 0.0707. The van der Waals surface area contributed by atoms with E-state index in [1.54, 1.807) is 25.3 Å². The molecule has 1 unspecified atom stereocenters. The molecular formula is C16H22N2O3. The van der Waals surface area contributed by atoms with E-state index in [2.05, 4.69) is 0 Å². The Hall–Kier alpha value is -1.75. The minimum atomic E-state index is 0.0320. The highest BCUT2D eigenvalue weighted by molar-refractivity contribution is 5.99. The summed E-state index contributed by atoms with van der Waals surface area (Å²) in [7, 11) is 1.59. The SMILES string of the molecule is COc1ccc(C(=O)N(CC2CCOC2)C2CC2)c(N)c1. The Kier molecular flexibility index (Phi) is 4.01. The monoisotopic (exact) mass is 290 g/mol. The van der Waals surface area contributed by atoms with Gasteiger partial charge in [0.25, 0.3) is 5.91 Å². The first-order valence-corrected chi connectivity index (χ1v) is 7.51. The van der Waals surface area contributed by atoms with Gasteiger partial charge in [0.2, 0.25) is 0 Å². The number of nitrogens with zero attached hydrogens (tertiary/aromatic N) is 1. The first-order chi connectivity index (χ1) is 10.2. The summed E-state index contributed by atoms with van der Waals surface area (Å²) >= 11 is 0. The predicted octanol–water partition coefficient (Wildman–Crippen LogP) is 1.92. The van der Waals surface area contributed by atoms with Gasteiger partial charge in [-0.3, -0.25) is 4.79 Å². The Morgan fingerprint density at radius 1 is 1.43 bits per heavy atom. The number of hydrogen-bond donors (Lipinski definition) is 1. The quantitative estimate of drug-likeness (QED) is 0.841. The van der Waals surface area contributed by atoms with Gasteiger partial charge in [-0.1, -0.05) is 0 Å². The topological polar surface area (TPSA) is 64.8 Å². The van der Waals surface area contributed by atoms with Crippen LogP contribution < -0.4 is 10.5 Å². The molecule has 1 atom stereocenters. The standard InChI is InChI=1S/C16H22N2O3/c1-20-13-4-5-14(15(17)8-13)16(19)18(12-2-3-12)9-11-6-7-21-10-11/h4-5,8,11-12H,2-3,6-7,9-10,17H2,1H3. The summed E-state index contributed by atoms with van der Waals surface area (Å²) in [6.07, 6.45) is 3.22. The van der Waals surface area contributed by atoms with Crippen LogP contribution >= 0.6 is 0 Å². The molecule has 114 valence electrons. The van der Waals surface area contributed by atoms with Crippen molar-refractivity contribution in [3.63, 3.8) is 0 Å². The van der Waals surface area contributed by atoms with Crippen LogP contribution in [0.3, 0.4) is 0 Å². The summed E-state index contributed by atoms with van der Waals surface area (Å²) in [5.74, 6) is 1.16. The molecule has 5 nitrogen and oxygen atoms in total. The van der Waals surface area contributed by atoms with Crippen LogP contribution in [0.1, 0.15) is 29.6 Å². The van der Waals surface area contributed by atoms with E-state index in [1.165, 1.54) is 0 Å². The molecule has 0 bridgehead atoms. The molecule has 2 fully saturated rings. The van der Waals surface area contributed by atoms with Crippen LogP contribution in [0.5, 0.6) is 5.75 Å². The van der Waals surface area contributed by atoms with Crippen molar-refractivity contribution in [3.8, 4) is 5.75 Å². The van der Waals surface area contributed by atoms with E-state index in [9.17, 15) is 4.79 Å². The van der Waals surface area contributed by atoms with E-state index in [0.29, 0.717) is 29.0 Å². The molecule has 1 aromatic rings. The van der Waals surface area contributed by atoms with E-state index in [1.807, 2.05) is 4.90 Å². The van der Waals surface area contributed by atoms with Crippen molar-refractivity contribution in [2.45, 2.75) is 25.3 Å². The lowest BCUT2D eigenvalue weighted by Crippen LogP contribution is -2.37. The average Bonchev–Trinajstić information content (AvgIpc) is 3.20. The van der Waals surface area contributed by atoms with Crippen LogP contribution in [-0.4, -0.2) is 43.7 Å². The molecule has 0 aromatic heterocycles. The first kappa shape index (κ1) is 14.2. The molecule has 1 aliphatic heterocycles. The van der Waals surface area contributed by atoms with Crippen LogP contribution in [0, 0.1) is 5.92 Å². The van der Waals surface area contributed by atoms with Crippen molar-refractivity contribution >= 4 is 11.6 Å². The third-order valence-electron chi connectivity index (χ3n) is 4.22. The summed E-state index contributed by atoms with van der Waals surface area (Å²) < 4.78 is 10.6. The lowest BCUT2D eigenvalue weighted by atomic mass is 10.1. The third kappa shape index (κ3) is 3.13. The maximum atomic E-state index is 12.8. The number of nitrogens with two attached hydrogens (primary N) is 1. The van der Waals surface area contributed by atoms with Gasteiger partial charge in [-0.05, 0) is 31.4 Å². The van der Waals surface area contributed by atoms with E-state index >= 15 is 0 Å². The Morgan fingerprint density at radius 2 is 2.24 bits per heavy atom. The molecule has 1 amide bonds. The minimum Gasteiger partial charge on any atom is -0.497 e. The van der Waals surface area contributed by atoms with Gasteiger partial charge in [0.1, 0.15) is 5.75 Å². The fraction of sp³-hybridized carbons (Fsp3) is 0.562. The van der Waals surface area contributed by atoms with Gasteiger partial charge < -0.3 is 20.1 Å². The van der Waals surface area contributed by atoms with Crippen LogP contribution in [0.25, 0.3) is 0 Å². The van der Waals surface area contributed by atoms with Crippen LogP contribution in [0.4, 0.5) is 5.69 Å². The molecular weight excluding hydrogens is 268 g/mol. The highest BCUT2D eigenvalue weighted by Crippen LogP contribution is 2.32. The Labute approximate surface area is 125 Å². The van der Waals surface area contributed by atoms with Crippen molar-refractivity contribution in [3.05, 3.63) is 23.8 Å². The molecule has 3 rings (SSSR count). The third-order valence-corrected chi connectivity index (χ3v) is 4.22. The molecule has 1 aromatic carbocycles. The second-order valence-electron chi connectivity index (χ2n) is 5.87. The molecule has 5 heteroatoms. The number of carbonyl (C=O) groups excluding carboxylic acids is 1. The van der Waals surface area contributed by atoms with Crippen LogP contribution in [0.2, 0.25) is 0 Å².